The average molecular weight is 527 g/mol. The normalized spacial score (nSPS) is 33.7. The lowest BCUT2D eigenvalue weighted by Gasteiger charge is -2.17. The number of anilines is 1. The van der Waals surface area contributed by atoms with E-state index in [1.165, 1.54) is 11.6 Å². The first-order valence-electron chi connectivity index (χ1n) is 15.4. The molecular weight excluding hydrogens is 487 g/mol. The van der Waals surface area contributed by atoms with Crippen LogP contribution >= 0.6 is 11.8 Å². The number of ether oxygens (including phenoxy) is 1. The van der Waals surface area contributed by atoms with E-state index >= 15 is 0 Å². The number of hydrogen-bond acceptors (Lipinski definition) is 10. The molecule has 12 heteroatoms. The van der Waals surface area contributed by atoms with Crippen LogP contribution in [0, 0.1) is 12.7 Å². The minimum absolute atomic E-state index is 0.00452. The molecule has 0 saturated heterocycles. The molecule has 0 spiro atoms. The summed E-state index contributed by atoms with van der Waals surface area (Å²) in [5.74, 6) is -2.72. The maximum Gasteiger partial charge on any atom is 0.191 e. The zero-order valence-electron chi connectivity index (χ0n) is 27.5. The van der Waals surface area contributed by atoms with Crippen LogP contribution in [0.2, 0.25) is 0 Å². The fraction of sp³-hybridized carbons (Fsp3) is 0.583. The van der Waals surface area contributed by atoms with Crippen LogP contribution in [0.1, 0.15) is 60.2 Å². The molecule has 0 unspecified atom stereocenters. The van der Waals surface area contributed by atoms with E-state index in [0.29, 0.717) is 11.8 Å². The summed E-state index contributed by atoms with van der Waals surface area (Å²) in [4.78, 5) is 8.69. The summed E-state index contributed by atoms with van der Waals surface area (Å²) in [7, 11) is 0. The topological polar surface area (TPSA) is 138 Å². The van der Waals surface area contributed by atoms with Crippen LogP contribution in [0.3, 0.4) is 0 Å². The van der Waals surface area contributed by atoms with E-state index in [1.54, 1.807) is 0 Å². The molecule has 2 saturated carbocycles. The third kappa shape index (κ3) is 4.92. The van der Waals surface area contributed by atoms with Gasteiger partial charge in [-0.15, -0.1) is 5.10 Å². The molecule has 0 radical (unpaired) electrons. The Kier molecular flexibility index (Phi) is 5.03. The Labute approximate surface area is 223 Å². The molecule has 3 aromatic rings. The Morgan fingerprint density at radius 1 is 1.33 bits per heavy atom. The van der Waals surface area contributed by atoms with Gasteiger partial charge in [0.05, 0.1) is 29.5 Å². The van der Waals surface area contributed by atoms with E-state index in [4.69, 9.17) is 20.8 Å². The number of fused-ring (bicyclic) bond motifs is 1. The second-order valence-corrected chi connectivity index (χ2v) is 9.32. The largest absolute Gasteiger partial charge is 0.394 e. The second kappa shape index (κ2) is 10.5. The molecular formula is C24H31FN6O4S. The van der Waals surface area contributed by atoms with Gasteiger partial charge in [-0.05, 0) is 36.9 Å². The zero-order chi connectivity index (χ0) is 32.5. The molecule has 2 aliphatic rings. The van der Waals surface area contributed by atoms with Crippen molar-refractivity contribution in [2.24, 2.45) is 0 Å². The number of nitrogens with one attached hydrogen (secondary N) is 1. The Bertz CT molecular complexity index is 1570. The maximum atomic E-state index is 14.7. The summed E-state index contributed by atoms with van der Waals surface area (Å²) in [5.41, 5.74) is -2.92. The lowest BCUT2D eigenvalue weighted by atomic mass is 10.1. The van der Waals surface area contributed by atoms with Gasteiger partial charge in [-0.2, -0.15) is 0 Å². The van der Waals surface area contributed by atoms with Crippen molar-refractivity contribution in [3.63, 3.8) is 0 Å². The van der Waals surface area contributed by atoms with E-state index in [1.807, 2.05) is 0 Å². The molecule has 0 bridgehead atoms. The van der Waals surface area contributed by atoms with Crippen LogP contribution < -0.4 is 5.32 Å². The van der Waals surface area contributed by atoms with Crippen LogP contribution in [0.25, 0.3) is 11.2 Å². The standard InChI is InChI=1S/C24H31FN6O4S/c1-3-8-36-24-27-22(26-16-10-14(16)13-5-4-12(2)15(25)9-13)19-23(28-24)31(30-29-19)17-11-18(35-7-6-32)21(34)20(17)33/h4-5,9,14,16-18,20-21,32-34H,3,6-8,10-11H2,1-2H3,(H,26,27,28)/t14-,16+,17+,18-,20-,21+/m0/s1/i3D2,4D,5D,8D2,9D,14D. The van der Waals surface area contributed by atoms with Crippen molar-refractivity contribution in [2.45, 2.75) is 74.5 Å². The van der Waals surface area contributed by atoms with Crippen molar-refractivity contribution < 1.29 is 35.4 Å². The molecule has 6 atom stereocenters. The van der Waals surface area contributed by atoms with Gasteiger partial charge < -0.3 is 25.4 Å². The number of halogens is 1. The molecule has 0 aliphatic heterocycles. The molecule has 2 heterocycles. The Balaban J connectivity index is 1.55. The van der Waals surface area contributed by atoms with Gasteiger partial charge in [0.15, 0.2) is 22.1 Å². The monoisotopic (exact) mass is 526 g/mol. The Morgan fingerprint density at radius 2 is 2.17 bits per heavy atom. The van der Waals surface area contributed by atoms with E-state index in [9.17, 15) is 14.6 Å². The molecule has 2 aromatic heterocycles. The van der Waals surface area contributed by atoms with Gasteiger partial charge in [0, 0.05) is 30.9 Å². The van der Waals surface area contributed by atoms with Crippen LogP contribution in [0.15, 0.2) is 23.3 Å². The molecule has 36 heavy (non-hydrogen) atoms. The quantitative estimate of drug-likeness (QED) is 0.230. The summed E-state index contributed by atoms with van der Waals surface area (Å²) >= 11 is 0.385. The first kappa shape index (κ1) is 17.2. The number of rotatable bonds is 10. The third-order valence-corrected chi connectivity index (χ3v) is 6.81. The predicted octanol–water partition coefficient (Wildman–Crippen LogP) is 2.18. The minimum atomic E-state index is -2.51. The number of nitrogens with zero attached hydrogens (tertiary/aromatic N) is 5. The van der Waals surface area contributed by atoms with Crippen molar-refractivity contribution >= 4 is 28.7 Å². The highest BCUT2D eigenvalue weighted by atomic mass is 32.2. The Morgan fingerprint density at radius 3 is 2.94 bits per heavy atom. The summed E-state index contributed by atoms with van der Waals surface area (Å²) in [6.45, 7) is 1.97. The smallest absolute Gasteiger partial charge is 0.191 e. The average Bonchev–Trinajstić information content (AvgIpc) is 3.25. The molecule has 0 amide bonds. The van der Waals surface area contributed by atoms with Gasteiger partial charge in [0.25, 0.3) is 0 Å². The van der Waals surface area contributed by atoms with Crippen molar-refractivity contribution in [2.75, 3.05) is 24.2 Å². The zero-order valence-corrected chi connectivity index (χ0v) is 20.3. The van der Waals surface area contributed by atoms with E-state index < -0.39 is 72.3 Å². The highest BCUT2D eigenvalue weighted by Gasteiger charge is 2.45. The van der Waals surface area contributed by atoms with Crippen LogP contribution in [-0.2, 0) is 4.74 Å². The SMILES string of the molecule is [2H]c1c([2H])c([C@]2([2H])C[C@H]2Nc2nc(SC([2H])([2H])C([2H])([2H])C)nc3c2nnn3[C@@H]2C[C@H](OCCO)[C@@H](O)[C@H]2O)c([2H])c(F)c1C. The van der Waals surface area contributed by atoms with Gasteiger partial charge in [-0.25, -0.2) is 19.0 Å². The fourth-order valence-electron chi connectivity index (χ4n) is 4.20. The highest BCUT2D eigenvalue weighted by Crippen LogP contribution is 2.44. The predicted molar refractivity (Wildman–Crippen MR) is 133 cm³/mol. The lowest BCUT2D eigenvalue weighted by Crippen LogP contribution is -2.33. The molecule has 10 nitrogen and oxygen atoms in total. The molecule has 1 aromatic carbocycles. The molecule has 194 valence electrons. The number of aromatic nitrogens is 5. The minimum Gasteiger partial charge on any atom is -0.394 e. The summed E-state index contributed by atoms with van der Waals surface area (Å²) in [6.07, 6.45) is -5.82. The molecule has 4 N–H and O–H groups in total. The van der Waals surface area contributed by atoms with Crippen molar-refractivity contribution in [3.8, 4) is 0 Å². The molecule has 5 rings (SSSR count). The first-order valence-corrected chi connectivity index (χ1v) is 12.2. The van der Waals surface area contributed by atoms with Crippen LogP contribution in [0.5, 0.6) is 0 Å². The summed E-state index contributed by atoms with van der Waals surface area (Å²) in [6, 6.07) is -3.27. The van der Waals surface area contributed by atoms with Crippen molar-refractivity contribution in [3.05, 3.63) is 35.1 Å². The first-order chi connectivity index (χ1) is 20.4. The van der Waals surface area contributed by atoms with Crippen LogP contribution in [-0.4, -0.2) is 83.6 Å². The number of benzene rings is 1. The third-order valence-electron chi connectivity index (χ3n) is 6.14. The van der Waals surface area contributed by atoms with E-state index in [-0.39, 0.29) is 59.3 Å². The highest BCUT2D eigenvalue weighted by molar-refractivity contribution is 7.99. The van der Waals surface area contributed by atoms with Gasteiger partial charge in [0.1, 0.15) is 18.0 Å². The number of aliphatic hydroxyl groups excluding tert-OH is 3. The van der Waals surface area contributed by atoms with Gasteiger partial charge >= 0.3 is 0 Å². The second-order valence-electron chi connectivity index (χ2n) is 8.55. The van der Waals surface area contributed by atoms with Crippen molar-refractivity contribution in [1.82, 2.24) is 25.0 Å². The summed E-state index contributed by atoms with van der Waals surface area (Å²) < 4.78 is 87.2. The summed E-state index contributed by atoms with van der Waals surface area (Å²) in [5, 5.41) is 41.4. The van der Waals surface area contributed by atoms with Crippen molar-refractivity contribution in [1.29, 1.82) is 0 Å². The van der Waals surface area contributed by atoms with Gasteiger partial charge in [-0.1, -0.05) is 36.0 Å². The molecule has 2 fully saturated rings. The number of thioether (sulfide) groups is 1. The van der Waals surface area contributed by atoms with Gasteiger partial charge in [-0.3, -0.25) is 0 Å². The lowest BCUT2D eigenvalue weighted by molar-refractivity contribution is -0.0629. The number of hydrogen-bond donors (Lipinski definition) is 4. The fourth-order valence-corrected chi connectivity index (χ4v) is 4.67. The van der Waals surface area contributed by atoms with Gasteiger partial charge in [0.2, 0.25) is 0 Å². The maximum absolute atomic E-state index is 14.7. The molecule has 2 aliphatic carbocycles. The van der Waals surface area contributed by atoms with Crippen LogP contribution in [0.4, 0.5) is 10.2 Å². The number of aliphatic hydroxyl groups is 3. The van der Waals surface area contributed by atoms with E-state index in [0.717, 1.165) is 6.92 Å². The van der Waals surface area contributed by atoms with E-state index in [2.05, 4.69) is 25.6 Å². The Hall–Kier alpha value is -2.38.